The van der Waals surface area contributed by atoms with Crippen molar-refractivity contribution in [3.8, 4) is 0 Å². The molecule has 0 spiro atoms. The highest BCUT2D eigenvalue weighted by atomic mass is 32.2. The topological polar surface area (TPSA) is 88.4 Å². The third kappa shape index (κ3) is 3.48. The lowest BCUT2D eigenvalue weighted by molar-refractivity contribution is 0.0710. The fraction of sp³-hybridized carbons (Fsp3) is 0.611. The summed E-state index contributed by atoms with van der Waals surface area (Å²) in [4.78, 5) is 15.1. The lowest BCUT2D eigenvalue weighted by atomic mass is 9.97. The SMILES string of the molecule is CC(C)S(=O)(=O)N1CCC(c2nnc3n2CCN(C(=O)c2cccs2)C3)CC1. The van der Waals surface area contributed by atoms with Crippen LogP contribution in [0.25, 0.3) is 0 Å². The van der Waals surface area contributed by atoms with Gasteiger partial charge in [0.2, 0.25) is 10.0 Å². The fourth-order valence-electron chi connectivity index (χ4n) is 3.88. The first-order valence-corrected chi connectivity index (χ1v) is 12.0. The molecule has 0 aliphatic carbocycles. The summed E-state index contributed by atoms with van der Waals surface area (Å²) in [5.74, 6) is 1.99. The number of nitrogens with zero attached hydrogens (tertiary/aromatic N) is 5. The van der Waals surface area contributed by atoms with Crippen LogP contribution in [-0.2, 0) is 23.1 Å². The minimum absolute atomic E-state index is 0.0398. The van der Waals surface area contributed by atoms with E-state index in [-0.39, 0.29) is 11.8 Å². The van der Waals surface area contributed by atoms with Crippen molar-refractivity contribution in [2.45, 2.75) is 50.9 Å². The highest BCUT2D eigenvalue weighted by molar-refractivity contribution is 7.89. The van der Waals surface area contributed by atoms with Crippen LogP contribution in [0.4, 0.5) is 0 Å². The minimum Gasteiger partial charge on any atom is -0.329 e. The van der Waals surface area contributed by atoms with Gasteiger partial charge in [0.15, 0.2) is 5.82 Å². The summed E-state index contributed by atoms with van der Waals surface area (Å²) in [5.41, 5.74) is 0. The monoisotopic (exact) mass is 423 g/mol. The Kier molecular flexibility index (Phi) is 5.28. The van der Waals surface area contributed by atoms with Crippen molar-refractivity contribution >= 4 is 27.3 Å². The van der Waals surface area contributed by atoms with Crippen LogP contribution < -0.4 is 0 Å². The van der Waals surface area contributed by atoms with Gasteiger partial charge in [-0.25, -0.2) is 12.7 Å². The summed E-state index contributed by atoms with van der Waals surface area (Å²) in [5, 5.41) is 10.3. The second kappa shape index (κ2) is 7.57. The Morgan fingerprint density at radius 1 is 1.18 bits per heavy atom. The zero-order valence-corrected chi connectivity index (χ0v) is 17.7. The summed E-state index contributed by atoms with van der Waals surface area (Å²) in [6, 6.07) is 3.73. The van der Waals surface area contributed by atoms with E-state index in [1.54, 1.807) is 18.2 Å². The number of aromatic nitrogens is 3. The van der Waals surface area contributed by atoms with Gasteiger partial charge >= 0.3 is 0 Å². The van der Waals surface area contributed by atoms with E-state index < -0.39 is 15.3 Å². The number of carbonyl (C=O) groups is 1. The van der Waals surface area contributed by atoms with E-state index in [0.717, 1.165) is 29.4 Å². The quantitative estimate of drug-likeness (QED) is 0.750. The van der Waals surface area contributed by atoms with Crippen molar-refractivity contribution < 1.29 is 13.2 Å². The molecule has 2 aliphatic rings. The smallest absolute Gasteiger partial charge is 0.264 e. The van der Waals surface area contributed by atoms with Gasteiger partial charge in [0, 0.05) is 32.1 Å². The van der Waals surface area contributed by atoms with Crippen LogP contribution in [0.2, 0.25) is 0 Å². The van der Waals surface area contributed by atoms with Gasteiger partial charge in [-0.2, -0.15) is 0 Å². The number of fused-ring (bicyclic) bond motifs is 1. The molecule has 10 heteroatoms. The Morgan fingerprint density at radius 2 is 1.93 bits per heavy atom. The maximum atomic E-state index is 12.6. The van der Waals surface area contributed by atoms with E-state index in [2.05, 4.69) is 14.8 Å². The number of carbonyl (C=O) groups excluding carboxylic acids is 1. The highest BCUT2D eigenvalue weighted by Gasteiger charge is 2.34. The van der Waals surface area contributed by atoms with Crippen molar-refractivity contribution in [2.24, 2.45) is 0 Å². The van der Waals surface area contributed by atoms with Crippen molar-refractivity contribution in [3.63, 3.8) is 0 Å². The predicted octanol–water partition coefficient (Wildman–Crippen LogP) is 1.91. The summed E-state index contributed by atoms with van der Waals surface area (Å²) in [7, 11) is -3.20. The number of hydrogen-bond acceptors (Lipinski definition) is 6. The zero-order valence-electron chi connectivity index (χ0n) is 16.1. The normalized spacial score (nSPS) is 19.2. The van der Waals surface area contributed by atoms with Crippen LogP contribution in [0.5, 0.6) is 0 Å². The molecule has 0 unspecified atom stereocenters. The van der Waals surface area contributed by atoms with Gasteiger partial charge < -0.3 is 9.47 Å². The number of hydrogen-bond donors (Lipinski definition) is 0. The molecule has 0 saturated carbocycles. The molecule has 1 saturated heterocycles. The summed E-state index contributed by atoms with van der Waals surface area (Å²) >= 11 is 1.45. The Balaban J connectivity index is 1.44. The number of thiophene rings is 1. The first-order chi connectivity index (χ1) is 13.4. The second-order valence-corrected chi connectivity index (χ2v) is 11.0. The van der Waals surface area contributed by atoms with E-state index in [0.29, 0.717) is 32.7 Å². The molecule has 4 rings (SSSR count). The molecular formula is C18H25N5O3S2. The summed E-state index contributed by atoms with van der Waals surface area (Å²) < 4.78 is 28.5. The third-order valence-electron chi connectivity index (χ3n) is 5.58. The third-order valence-corrected chi connectivity index (χ3v) is 8.71. The minimum atomic E-state index is -3.20. The molecule has 2 aromatic heterocycles. The van der Waals surface area contributed by atoms with Gasteiger partial charge in [0.1, 0.15) is 5.82 Å². The van der Waals surface area contributed by atoms with Gasteiger partial charge in [0.25, 0.3) is 5.91 Å². The molecule has 2 aliphatic heterocycles. The largest absolute Gasteiger partial charge is 0.329 e. The Labute approximate surface area is 169 Å². The molecule has 0 bridgehead atoms. The molecule has 1 fully saturated rings. The van der Waals surface area contributed by atoms with Gasteiger partial charge in [-0.05, 0) is 38.1 Å². The first-order valence-electron chi connectivity index (χ1n) is 9.61. The second-order valence-electron chi connectivity index (χ2n) is 7.60. The van der Waals surface area contributed by atoms with Gasteiger partial charge in [0.05, 0.1) is 16.7 Å². The van der Waals surface area contributed by atoms with Crippen LogP contribution in [0.15, 0.2) is 17.5 Å². The van der Waals surface area contributed by atoms with Crippen molar-refractivity contribution in [3.05, 3.63) is 34.0 Å². The summed E-state index contributed by atoms with van der Waals surface area (Å²) in [6.07, 6.45) is 1.50. The van der Waals surface area contributed by atoms with Crippen molar-refractivity contribution in [1.29, 1.82) is 0 Å². The zero-order chi connectivity index (χ0) is 19.9. The standard InChI is InChI=1S/C18H25N5O3S2/c1-13(2)28(25,26)22-7-5-14(6-8-22)17-20-19-16-12-21(9-10-23(16)17)18(24)15-4-3-11-27-15/h3-4,11,13-14H,5-10,12H2,1-2H3. The highest BCUT2D eigenvalue weighted by Crippen LogP contribution is 2.30. The van der Waals surface area contributed by atoms with E-state index in [1.807, 2.05) is 22.4 Å². The Morgan fingerprint density at radius 3 is 2.57 bits per heavy atom. The van der Waals surface area contributed by atoms with E-state index in [9.17, 15) is 13.2 Å². The number of piperidine rings is 1. The lowest BCUT2D eigenvalue weighted by Crippen LogP contribution is -2.42. The van der Waals surface area contributed by atoms with E-state index in [4.69, 9.17) is 0 Å². The predicted molar refractivity (Wildman–Crippen MR) is 107 cm³/mol. The fourth-order valence-corrected chi connectivity index (χ4v) is 5.89. The van der Waals surface area contributed by atoms with Crippen LogP contribution in [-0.4, -0.2) is 63.2 Å². The first kappa shape index (κ1) is 19.5. The average Bonchev–Trinajstić information content (AvgIpc) is 3.37. The molecule has 0 aromatic carbocycles. The van der Waals surface area contributed by atoms with Crippen molar-refractivity contribution in [1.82, 2.24) is 24.0 Å². The maximum absolute atomic E-state index is 12.6. The van der Waals surface area contributed by atoms with Crippen molar-refractivity contribution in [2.75, 3.05) is 19.6 Å². The molecule has 0 atom stereocenters. The lowest BCUT2D eigenvalue weighted by Gasteiger charge is -2.33. The molecular weight excluding hydrogens is 398 g/mol. The van der Waals surface area contributed by atoms with Gasteiger partial charge in [-0.15, -0.1) is 21.5 Å². The van der Waals surface area contributed by atoms with Gasteiger partial charge in [-0.1, -0.05) is 6.07 Å². The average molecular weight is 424 g/mol. The molecule has 2 aromatic rings. The maximum Gasteiger partial charge on any atom is 0.264 e. The Hall–Kier alpha value is -1.78. The molecule has 0 N–H and O–H groups in total. The van der Waals surface area contributed by atoms with E-state index >= 15 is 0 Å². The van der Waals surface area contributed by atoms with Crippen LogP contribution in [0.1, 0.15) is 53.9 Å². The number of sulfonamides is 1. The number of amides is 1. The molecule has 1 amide bonds. The van der Waals surface area contributed by atoms with Gasteiger partial charge in [-0.3, -0.25) is 4.79 Å². The molecule has 8 nitrogen and oxygen atoms in total. The molecule has 4 heterocycles. The molecule has 28 heavy (non-hydrogen) atoms. The molecule has 152 valence electrons. The van der Waals surface area contributed by atoms with Crippen LogP contribution in [0, 0.1) is 0 Å². The van der Waals surface area contributed by atoms with E-state index in [1.165, 1.54) is 11.3 Å². The molecule has 0 radical (unpaired) electrons. The van der Waals surface area contributed by atoms with Crippen LogP contribution in [0.3, 0.4) is 0 Å². The number of rotatable bonds is 4. The Bertz CT molecular complexity index is 944. The summed E-state index contributed by atoms with van der Waals surface area (Å²) in [6.45, 7) is 6.27. The van der Waals surface area contributed by atoms with Crippen LogP contribution >= 0.6 is 11.3 Å².